The lowest BCUT2D eigenvalue weighted by molar-refractivity contribution is -0.129. The van der Waals surface area contributed by atoms with Crippen LogP contribution in [0.25, 0.3) is 0 Å². The first-order valence-corrected chi connectivity index (χ1v) is 8.94. The Labute approximate surface area is 130 Å². The maximum atomic E-state index is 12.1. The van der Waals surface area contributed by atoms with Gasteiger partial charge in [0.1, 0.15) is 0 Å². The van der Waals surface area contributed by atoms with E-state index in [1.54, 1.807) is 13.1 Å². The number of halogens is 1. The SMILES string of the molecule is Cc1cc(Cl)ccc1NCC(=O)N(C)C1CCS(=O)(=O)C1. The minimum absolute atomic E-state index is 0.0647. The number of hydrogen-bond donors (Lipinski definition) is 1. The molecule has 1 amide bonds. The van der Waals surface area contributed by atoms with E-state index < -0.39 is 9.84 Å². The molecule has 1 heterocycles. The van der Waals surface area contributed by atoms with Gasteiger partial charge in [0.15, 0.2) is 9.84 Å². The largest absolute Gasteiger partial charge is 0.376 e. The highest BCUT2D eigenvalue weighted by atomic mass is 35.5. The Kier molecular flexibility index (Phi) is 4.78. The topological polar surface area (TPSA) is 66.5 Å². The summed E-state index contributed by atoms with van der Waals surface area (Å²) in [5, 5.41) is 3.72. The van der Waals surface area contributed by atoms with E-state index in [9.17, 15) is 13.2 Å². The smallest absolute Gasteiger partial charge is 0.241 e. The van der Waals surface area contributed by atoms with Crippen LogP contribution in [0.1, 0.15) is 12.0 Å². The number of hydrogen-bond acceptors (Lipinski definition) is 4. The molecule has 1 atom stereocenters. The zero-order valence-electron chi connectivity index (χ0n) is 12.1. The number of likely N-dealkylation sites (N-methyl/N-ethyl adjacent to an activating group) is 1. The lowest BCUT2D eigenvalue weighted by atomic mass is 10.2. The normalized spacial score (nSPS) is 20.2. The second-order valence-electron chi connectivity index (χ2n) is 5.37. The lowest BCUT2D eigenvalue weighted by Gasteiger charge is -2.24. The standard InChI is InChI=1S/C14H19ClN2O3S/c1-10-7-11(15)3-4-13(10)16-8-14(18)17(2)12-5-6-21(19,20)9-12/h3-4,7,12,16H,5-6,8-9H2,1-2H3. The second kappa shape index (κ2) is 6.23. The van der Waals surface area contributed by atoms with E-state index in [1.807, 2.05) is 19.1 Å². The zero-order chi connectivity index (χ0) is 15.6. The molecule has 1 aromatic carbocycles. The van der Waals surface area contributed by atoms with Gasteiger partial charge in [0, 0.05) is 23.8 Å². The third-order valence-electron chi connectivity index (χ3n) is 3.77. The first-order valence-electron chi connectivity index (χ1n) is 6.74. The molecular formula is C14H19ClN2O3S. The van der Waals surface area contributed by atoms with Gasteiger partial charge in [-0.2, -0.15) is 0 Å². The first kappa shape index (κ1) is 16.1. The van der Waals surface area contributed by atoms with Crippen LogP contribution < -0.4 is 5.32 Å². The van der Waals surface area contributed by atoms with Crippen molar-refractivity contribution in [2.45, 2.75) is 19.4 Å². The zero-order valence-corrected chi connectivity index (χ0v) is 13.7. The number of rotatable bonds is 4. The number of nitrogens with one attached hydrogen (secondary N) is 1. The highest BCUT2D eigenvalue weighted by Gasteiger charge is 2.32. The van der Waals surface area contributed by atoms with Crippen LogP contribution in [0.2, 0.25) is 5.02 Å². The maximum absolute atomic E-state index is 12.1. The Hall–Kier alpha value is -1.27. The maximum Gasteiger partial charge on any atom is 0.241 e. The van der Waals surface area contributed by atoms with Crippen LogP contribution in [-0.2, 0) is 14.6 Å². The van der Waals surface area contributed by atoms with Gasteiger partial charge >= 0.3 is 0 Å². The summed E-state index contributed by atoms with van der Waals surface area (Å²) >= 11 is 5.88. The van der Waals surface area contributed by atoms with Gasteiger partial charge in [-0.25, -0.2) is 8.42 Å². The molecule has 0 saturated carbocycles. The number of nitrogens with zero attached hydrogens (tertiary/aromatic N) is 1. The Bertz CT molecular complexity index is 646. The molecule has 21 heavy (non-hydrogen) atoms. The van der Waals surface area contributed by atoms with Crippen LogP contribution >= 0.6 is 11.6 Å². The quantitative estimate of drug-likeness (QED) is 0.912. The van der Waals surface area contributed by atoms with Gasteiger partial charge in [-0.05, 0) is 37.1 Å². The molecule has 0 bridgehead atoms. The highest BCUT2D eigenvalue weighted by Crippen LogP contribution is 2.20. The lowest BCUT2D eigenvalue weighted by Crippen LogP contribution is -2.40. The molecule has 0 spiro atoms. The molecule has 5 nitrogen and oxygen atoms in total. The fraction of sp³-hybridized carbons (Fsp3) is 0.500. The minimum Gasteiger partial charge on any atom is -0.376 e. The van der Waals surface area contributed by atoms with Crippen molar-refractivity contribution in [2.24, 2.45) is 0 Å². The van der Waals surface area contributed by atoms with Crippen molar-refractivity contribution in [1.82, 2.24) is 4.90 Å². The van der Waals surface area contributed by atoms with E-state index in [0.29, 0.717) is 11.4 Å². The minimum atomic E-state index is -2.98. The van der Waals surface area contributed by atoms with Gasteiger partial charge < -0.3 is 10.2 Å². The molecule has 1 aliphatic heterocycles. The van der Waals surface area contributed by atoms with Crippen LogP contribution in [0, 0.1) is 6.92 Å². The van der Waals surface area contributed by atoms with Crippen molar-refractivity contribution in [3.63, 3.8) is 0 Å². The van der Waals surface area contributed by atoms with Gasteiger partial charge in [-0.15, -0.1) is 0 Å². The predicted molar refractivity (Wildman–Crippen MR) is 84.5 cm³/mol. The Balaban J connectivity index is 1.92. The van der Waals surface area contributed by atoms with Crippen molar-refractivity contribution in [3.05, 3.63) is 28.8 Å². The number of amides is 1. The van der Waals surface area contributed by atoms with Gasteiger partial charge in [0.25, 0.3) is 0 Å². The molecule has 1 N–H and O–H groups in total. The second-order valence-corrected chi connectivity index (χ2v) is 8.04. The molecule has 1 unspecified atom stereocenters. The number of benzene rings is 1. The van der Waals surface area contributed by atoms with Crippen LogP contribution in [0.3, 0.4) is 0 Å². The van der Waals surface area contributed by atoms with E-state index >= 15 is 0 Å². The average Bonchev–Trinajstić information content (AvgIpc) is 2.77. The summed E-state index contributed by atoms with van der Waals surface area (Å²) in [4.78, 5) is 13.7. The van der Waals surface area contributed by atoms with Crippen LogP contribution in [0.15, 0.2) is 18.2 Å². The molecule has 1 fully saturated rings. The third-order valence-corrected chi connectivity index (χ3v) is 5.75. The van der Waals surface area contributed by atoms with Gasteiger partial charge in [0.2, 0.25) is 5.91 Å². The summed E-state index contributed by atoms with van der Waals surface area (Å²) in [6.07, 6.45) is 0.518. The van der Waals surface area contributed by atoms with Crippen molar-refractivity contribution in [3.8, 4) is 0 Å². The van der Waals surface area contributed by atoms with E-state index in [1.165, 1.54) is 4.90 Å². The van der Waals surface area contributed by atoms with Gasteiger partial charge in [0.05, 0.1) is 18.1 Å². The molecule has 0 radical (unpaired) electrons. The molecular weight excluding hydrogens is 312 g/mol. The fourth-order valence-corrected chi connectivity index (χ4v) is 4.41. The Morgan fingerprint density at radius 3 is 2.76 bits per heavy atom. The monoisotopic (exact) mass is 330 g/mol. The number of anilines is 1. The van der Waals surface area contributed by atoms with E-state index in [2.05, 4.69) is 5.32 Å². The molecule has 0 aliphatic carbocycles. The van der Waals surface area contributed by atoms with Gasteiger partial charge in [-0.1, -0.05) is 11.6 Å². The van der Waals surface area contributed by atoms with Crippen LogP contribution in [0.4, 0.5) is 5.69 Å². The Morgan fingerprint density at radius 2 is 2.19 bits per heavy atom. The van der Waals surface area contributed by atoms with Crippen molar-refractivity contribution in [1.29, 1.82) is 0 Å². The van der Waals surface area contributed by atoms with E-state index in [0.717, 1.165) is 11.3 Å². The molecule has 1 aliphatic rings. The summed E-state index contributed by atoms with van der Waals surface area (Å²) in [7, 11) is -1.32. The van der Waals surface area contributed by atoms with Crippen LogP contribution in [0.5, 0.6) is 0 Å². The Morgan fingerprint density at radius 1 is 1.48 bits per heavy atom. The number of carbonyl (C=O) groups is 1. The molecule has 0 aromatic heterocycles. The molecule has 2 rings (SSSR count). The first-order chi connectivity index (χ1) is 9.78. The third kappa shape index (κ3) is 4.11. The molecule has 116 valence electrons. The summed E-state index contributed by atoms with van der Waals surface area (Å²) in [6.45, 7) is 2.04. The van der Waals surface area contributed by atoms with Crippen molar-refractivity contribution in [2.75, 3.05) is 30.4 Å². The summed E-state index contributed by atoms with van der Waals surface area (Å²) in [5.41, 5.74) is 1.81. The van der Waals surface area contributed by atoms with E-state index in [-0.39, 0.29) is 30.0 Å². The summed E-state index contributed by atoms with van der Waals surface area (Å²) in [6, 6.07) is 5.19. The van der Waals surface area contributed by atoms with Crippen molar-refractivity contribution >= 4 is 33.0 Å². The fourth-order valence-electron chi connectivity index (χ4n) is 2.41. The molecule has 1 saturated heterocycles. The summed E-state index contributed by atoms with van der Waals surface area (Å²) < 4.78 is 22.9. The number of aryl methyl sites for hydroxylation is 1. The summed E-state index contributed by atoms with van der Waals surface area (Å²) in [5.74, 6) is 0.111. The molecule has 1 aromatic rings. The van der Waals surface area contributed by atoms with Crippen LogP contribution in [-0.4, -0.2) is 50.4 Å². The highest BCUT2D eigenvalue weighted by molar-refractivity contribution is 7.91. The average molecular weight is 331 g/mol. The number of sulfone groups is 1. The van der Waals surface area contributed by atoms with Crippen molar-refractivity contribution < 1.29 is 13.2 Å². The van der Waals surface area contributed by atoms with Gasteiger partial charge in [-0.3, -0.25) is 4.79 Å². The molecule has 7 heteroatoms. The number of carbonyl (C=O) groups excluding carboxylic acids is 1. The predicted octanol–water partition coefficient (Wildman–Crippen LogP) is 1.71. The van der Waals surface area contributed by atoms with E-state index in [4.69, 9.17) is 11.6 Å².